The smallest absolute Gasteiger partial charge is 0.0166 e. The molecule has 1 radical (unpaired) electrons. The molecule has 0 rings (SSSR count). The SMILES string of the molecule is CC[CH]C(I)C(C)CC. The minimum Gasteiger partial charge on any atom is -0.0820 e. The minimum atomic E-state index is 0.776. The molecule has 0 bridgehead atoms. The van der Waals surface area contributed by atoms with Crippen LogP contribution in [0.1, 0.15) is 33.6 Å². The molecule has 0 aliphatic carbocycles. The van der Waals surface area contributed by atoms with Gasteiger partial charge in [-0.05, 0) is 12.3 Å². The molecule has 0 fully saturated rings. The number of hydrogen-bond acceptors (Lipinski definition) is 0. The Hall–Kier alpha value is 0.730. The Morgan fingerprint density at radius 1 is 1.44 bits per heavy atom. The van der Waals surface area contributed by atoms with Crippen LogP contribution in [0.2, 0.25) is 0 Å². The molecule has 2 atom stereocenters. The van der Waals surface area contributed by atoms with Gasteiger partial charge in [0.05, 0.1) is 0 Å². The van der Waals surface area contributed by atoms with Gasteiger partial charge in [0.1, 0.15) is 0 Å². The number of hydrogen-bond donors (Lipinski definition) is 0. The first-order valence-corrected chi connectivity index (χ1v) is 4.94. The third-order valence-electron chi connectivity index (χ3n) is 1.65. The number of alkyl halides is 1. The molecule has 0 spiro atoms. The summed E-state index contributed by atoms with van der Waals surface area (Å²) >= 11 is 2.51. The predicted octanol–water partition coefficient (Wildman–Crippen LogP) is 3.45. The van der Waals surface area contributed by atoms with Gasteiger partial charge in [-0.15, -0.1) is 0 Å². The largest absolute Gasteiger partial charge is 0.0820 e. The standard InChI is InChI=1S/C8H16I/c1-4-6-8(9)7(3)5-2/h6-8H,4-5H2,1-3H3. The van der Waals surface area contributed by atoms with Crippen LogP contribution in [0.15, 0.2) is 0 Å². The molecule has 0 aromatic carbocycles. The second-order valence-corrected chi connectivity index (χ2v) is 3.91. The maximum absolute atomic E-state index is 2.51. The van der Waals surface area contributed by atoms with Crippen molar-refractivity contribution in [2.45, 2.75) is 37.5 Å². The van der Waals surface area contributed by atoms with E-state index >= 15 is 0 Å². The van der Waals surface area contributed by atoms with Crippen LogP contribution in [-0.4, -0.2) is 3.92 Å². The van der Waals surface area contributed by atoms with Gasteiger partial charge >= 0.3 is 0 Å². The van der Waals surface area contributed by atoms with Crippen molar-refractivity contribution >= 4 is 22.6 Å². The molecule has 0 aliphatic heterocycles. The molecule has 55 valence electrons. The van der Waals surface area contributed by atoms with Crippen LogP contribution in [0.4, 0.5) is 0 Å². The number of halogens is 1. The van der Waals surface area contributed by atoms with E-state index in [9.17, 15) is 0 Å². The first-order valence-electron chi connectivity index (χ1n) is 3.69. The second-order valence-electron chi connectivity index (χ2n) is 2.47. The molecule has 0 nitrogen and oxygen atoms in total. The van der Waals surface area contributed by atoms with Gasteiger partial charge in [0.15, 0.2) is 0 Å². The van der Waals surface area contributed by atoms with Crippen LogP contribution in [0.3, 0.4) is 0 Å². The highest BCUT2D eigenvalue weighted by Crippen LogP contribution is 2.19. The van der Waals surface area contributed by atoms with Gasteiger partial charge < -0.3 is 0 Å². The van der Waals surface area contributed by atoms with Gasteiger partial charge in [-0.1, -0.05) is 56.2 Å². The van der Waals surface area contributed by atoms with Crippen molar-refractivity contribution in [3.05, 3.63) is 6.42 Å². The quantitative estimate of drug-likeness (QED) is 0.520. The van der Waals surface area contributed by atoms with Gasteiger partial charge in [-0.3, -0.25) is 0 Å². The Morgan fingerprint density at radius 3 is 2.33 bits per heavy atom. The highest BCUT2D eigenvalue weighted by Gasteiger charge is 2.09. The van der Waals surface area contributed by atoms with Crippen molar-refractivity contribution in [1.29, 1.82) is 0 Å². The lowest BCUT2D eigenvalue weighted by molar-refractivity contribution is 0.573. The molecule has 0 amide bonds. The van der Waals surface area contributed by atoms with Crippen molar-refractivity contribution in [2.24, 2.45) is 5.92 Å². The highest BCUT2D eigenvalue weighted by molar-refractivity contribution is 14.1. The summed E-state index contributed by atoms with van der Waals surface area (Å²) in [4.78, 5) is 0. The van der Waals surface area contributed by atoms with Crippen LogP contribution in [0, 0.1) is 12.3 Å². The zero-order chi connectivity index (χ0) is 7.28. The highest BCUT2D eigenvalue weighted by atomic mass is 127. The average Bonchev–Trinajstić information content (AvgIpc) is 1.87. The third-order valence-corrected chi connectivity index (χ3v) is 3.38. The van der Waals surface area contributed by atoms with Gasteiger partial charge in [-0.2, -0.15) is 0 Å². The fraction of sp³-hybridized carbons (Fsp3) is 0.875. The monoisotopic (exact) mass is 239 g/mol. The summed E-state index contributed by atoms with van der Waals surface area (Å²) in [6.07, 6.45) is 4.89. The molecule has 0 aliphatic rings. The number of rotatable bonds is 4. The average molecular weight is 239 g/mol. The summed E-state index contributed by atoms with van der Waals surface area (Å²) in [6.45, 7) is 6.76. The zero-order valence-electron chi connectivity index (χ0n) is 6.52. The molecule has 0 heterocycles. The summed E-state index contributed by atoms with van der Waals surface area (Å²) in [5, 5.41) is 0. The fourth-order valence-corrected chi connectivity index (χ4v) is 1.70. The molecular formula is C8H16I. The van der Waals surface area contributed by atoms with Crippen molar-refractivity contribution < 1.29 is 0 Å². The Balaban J connectivity index is 3.32. The van der Waals surface area contributed by atoms with Crippen LogP contribution >= 0.6 is 22.6 Å². The first kappa shape index (κ1) is 9.73. The second kappa shape index (κ2) is 5.51. The Bertz CT molecular complexity index is 61.6. The summed E-state index contributed by atoms with van der Waals surface area (Å²) in [7, 11) is 0. The summed E-state index contributed by atoms with van der Waals surface area (Å²) < 4.78 is 0.776. The summed E-state index contributed by atoms with van der Waals surface area (Å²) in [6, 6.07) is 0. The van der Waals surface area contributed by atoms with Crippen LogP contribution in [-0.2, 0) is 0 Å². The Morgan fingerprint density at radius 2 is 2.00 bits per heavy atom. The molecule has 9 heavy (non-hydrogen) atoms. The van der Waals surface area contributed by atoms with E-state index in [4.69, 9.17) is 0 Å². The first-order chi connectivity index (χ1) is 4.22. The lowest BCUT2D eigenvalue weighted by Crippen LogP contribution is -2.09. The third kappa shape index (κ3) is 4.18. The van der Waals surface area contributed by atoms with Gasteiger partial charge in [0.2, 0.25) is 0 Å². The van der Waals surface area contributed by atoms with Crippen LogP contribution in [0.25, 0.3) is 0 Å². The van der Waals surface area contributed by atoms with Gasteiger partial charge in [0, 0.05) is 3.92 Å². The van der Waals surface area contributed by atoms with E-state index in [1.807, 2.05) is 0 Å². The molecule has 0 aromatic heterocycles. The van der Waals surface area contributed by atoms with Gasteiger partial charge in [0.25, 0.3) is 0 Å². The van der Waals surface area contributed by atoms with E-state index in [2.05, 4.69) is 49.8 Å². The minimum absolute atomic E-state index is 0.776. The van der Waals surface area contributed by atoms with Crippen LogP contribution in [0.5, 0.6) is 0 Å². The normalized spacial score (nSPS) is 17.3. The van der Waals surface area contributed by atoms with Crippen molar-refractivity contribution in [2.75, 3.05) is 0 Å². The van der Waals surface area contributed by atoms with E-state index in [1.165, 1.54) is 12.8 Å². The summed E-state index contributed by atoms with van der Waals surface area (Å²) in [5.74, 6) is 0.852. The molecule has 0 saturated heterocycles. The summed E-state index contributed by atoms with van der Waals surface area (Å²) in [5.41, 5.74) is 0. The van der Waals surface area contributed by atoms with E-state index in [1.54, 1.807) is 0 Å². The molecule has 0 saturated carbocycles. The molecule has 0 N–H and O–H groups in total. The predicted molar refractivity (Wildman–Crippen MR) is 51.9 cm³/mol. The molecule has 1 heteroatoms. The molecule has 2 unspecified atom stereocenters. The lowest BCUT2D eigenvalue weighted by atomic mass is 10.0. The lowest BCUT2D eigenvalue weighted by Gasteiger charge is -2.14. The fourth-order valence-electron chi connectivity index (χ4n) is 0.683. The van der Waals surface area contributed by atoms with Gasteiger partial charge in [-0.25, -0.2) is 0 Å². The zero-order valence-corrected chi connectivity index (χ0v) is 8.68. The van der Waals surface area contributed by atoms with Crippen molar-refractivity contribution in [3.8, 4) is 0 Å². The van der Waals surface area contributed by atoms with Crippen molar-refractivity contribution in [3.63, 3.8) is 0 Å². The molecular weight excluding hydrogens is 223 g/mol. The van der Waals surface area contributed by atoms with Crippen LogP contribution < -0.4 is 0 Å². The van der Waals surface area contributed by atoms with E-state index < -0.39 is 0 Å². The van der Waals surface area contributed by atoms with E-state index in [0.29, 0.717) is 0 Å². The maximum Gasteiger partial charge on any atom is 0.0166 e. The van der Waals surface area contributed by atoms with Crippen molar-refractivity contribution in [1.82, 2.24) is 0 Å². The maximum atomic E-state index is 2.51. The Kier molecular flexibility index (Phi) is 5.96. The van der Waals surface area contributed by atoms with E-state index in [0.717, 1.165) is 9.84 Å². The Labute approximate surface area is 72.6 Å². The molecule has 0 aromatic rings. The van der Waals surface area contributed by atoms with E-state index in [-0.39, 0.29) is 0 Å². The topological polar surface area (TPSA) is 0 Å².